The lowest BCUT2D eigenvalue weighted by Gasteiger charge is -2.34. The molecule has 1 atom stereocenters. The SMILES string of the molecule is COc1ccc(S(=O)(=O)N2CCC(C(=O)N3c4ccc(Br)cc4C[C@H]3C)CC2)cc1. The lowest BCUT2D eigenvalue weighted by atomic mass is 9.96. The maximum atomic E-state index is 13.3. The van der Waals surface area contributed by atoms with Crippen molar-refractivity contribution in [2.24, 2.45) is 5.92 Å². The Hall–Kier alpha value is -1.90. The molecule has 0 aliphatic carbocycles. The number of ether oxygens (including phenoxy) is 1. The Labute approximate surface area is 186 Å². The van der Waals surface area contributed by atoms with Gasteiger partial charge in [0.1, 0.15) is 5.75 Å². The van der Waals surface area contributed by atoms with Gasteiger partial charge in [-0.1, -0.05) is 15.9 Å². The Bertz CT molecular complexity index is 1050. The Morgan fingerprint density at radius 3 is 2.40 bits per heavy atom. The fourth-order valence-electron chi connectivity index (χ4n) is 4.37. The molecule has 1 saturated heterocycles. The smallest absolute Gasteiger partial charge is 0.243 e. The standard InChI is InChI=1S/C22H25BrN2O4S/c1-15-13-17-14-18(23)3-8-21(17)25(15)22(26)16-9-11-24(12-10-16)30(27,28)20-6-4-19(29-2)5-7-20/h3-8,14-16H,9-13H2,1-2H3/t15-/m1/s1. The van der Waals surface area contributed by atoms with Gasteiger partial charge in [0, 0.05) is 35.2 Å². The van der Waals surface area contributed by atoms with Crippen LogP contribution in [0, 0.1) is 5.92 Å². The first kappa shape index (κ1) is 21.3. The molecular weight excluding hydrogens is 468 g/mol. The van der Waals surface area contributed by atoms with Gasteiger partial charge in [0.25, 0.3) is 0 Å². The van der Waals surface area contributed by atoms with Crippen molar-refractivity contribution in [1.82, 2.24) is 4.31 Å². The summed E-state index contributed by atoms with van der Waals surface area (Å²) in [7, 11) is -2.03. The van der Waals surface area contributed by atoms with Crippen LogP contribution in [-0.4, -0.2) is 44.9 Å². The first-order valence-corrected chi connectivity index (χ1v) is 12.3. The van der Waals surface area contributed by atoms with E-state index in [1.807, 2.05) is 17.0 Å². The van der Waals surface area contributed by atoms with Gasteiger partial charge in [0.2, 0.25) is 15.9 Å². The number of carbonyl (C=O) groups is 1. The summed E-state index contributed by atoms with van der Waals surface area (Å²) in [6.45, 7) is 2.76. The van der Waals surface area contributed by atoms with E-state index >= 15 is 0 Å². The van der Waals surface area contributed by atoms with Crippen molar-refractivity contribution in [3.05, 3.63) is 52.5 Å². The second-order valence-electron chi connectivity index (χ2n) is 7.89. The van der Waals surface area contributed by atoms with Crippen LogP contribution in [0.1, 0.15) is 25.3 Å². The average Bonchev–Trinajstić information content (AvgIpc) is 3.08. The van der Waals surface area contributed by atoms with Crippen LogP contribution in [0.3, 0.4) is 0 Å². The number of carbonyl (C=O) groups excluding carboxylic acids is 1. The van der Waals surface area contributed by atoms with Crippen LogP contribution in [-0.2, 0) is 21.2 Å². The molecule has 2 heterocycles. The average molecular weight is 493 g/mol. The Morgan fingerprint density at radius 1 is 1.10 bits per heavy atom. The van der Waals surface area contributed by atoms with E-state index < -0.39 is 10.0 Å². The van der Waals surface area contributed by atoms with Gasteiger partial charge in [0.15, 0.2) is 0 Å². The molecule has 8 heteroatoms. The highest BCUT2D eigenvalue weighted by Crippen LogP contribution is 2.36. The molecule has 0 unspecified atom stereocenters. The van der Waals surface area contributed by atoms with Crippen LogP contribution in [0.4, 0.5) is 5.69 Å². The maximum absolute atomic E-state index is 13.3. The second kappa shape index (κ2) is 8.32. The number of amides is 1. The summed E-state index contributed by atoms with van der Waals surface area (Å²) < 4.78 is 33.5. The molecule has 2 aliphatic heterocycles. The number of rotatable bonds is 4. The number of piperidine rings is 1. The third-order valence-corrected chi connectivity index (χ3v) is 8.40. The monoisotopic (exact) mass is 492 g/mol. The fraction of sp³-hybridized carbons (Fsp3) is 0.409. The molecule has 2 aliphatic rings. The van der Waals surface area contributed by atoms with Crippen LogP contribution in [0.5, 0.6) is 5.75 Å². The van der Waals surface area contributed by atoms with E-state index in [-0.39, 0.29) is 22.8 Å². The molecule has 0 saturated carbocycles. The molecule has 30 heavy (non-hydrogen) atoms. The van der Waals surface area contributed by atoms with Crippen molar-refractivity contribution < 1.29 is 17.9 Å². The molecule has 160 valence electrons. The normalized spacial score (nSPS) is 20.2. The van der Waals surface area contributed by atoms with Crippen LogP contribution in [0.15, 0.2) is 51.8 Å². The molecule has 0 spiro atoms. The molecule has 2 aromatic rings. The summed E-state index contributed by atoms with van der Waals surface area (Å²) in [5.74, 6) is 0.555. The Kier molecular flexibility index (Phi) is 5.92. The number of halogens is 1. The van der Waals surface area contributed by atoms with Crippen molar-refractivity contribution in [3.63, 3.8) is 0 Å². The highest BCUT2D eigenvalue weighted by Gasteiger charge is 2.38. The first-order valence-electron chi connectivity index (χ1n) is 10.1. The summed E-state index contributed by atoms with van der Waals surface area (Å²) >= 11 is 3.50. The molecule has 0 bridgehead atoms. The number of benzene rings is 2. The van der Waals surface area contributed by atoms with Crippen molar-refractivity contribution in [3.8, 4) is 5.75 Å². The predicted molar refractivity (Wildman–Crippen MR) is 119 cm³/mol. The number of nitrogens with zero attached hydrogens (tertiary/aromatic N) is 2. The van der Waals surface area contributed by atoms with Crippen LogP contribution in [0.25, 0.3) is 0 Å². The number of fused-ring (bicyclic) bond motifs is 1. The number of hydrogen-bond donors (Lipinski definition) is 0. The van der Waals surface area contributed by atoms with E-state index in [9.17, 15) is 13.2 Å². The molecule has 1 fully saturated rings. The molecule has 2 aromatic carbocycles. The number of anilines is 1. The minimum Gasteiger partial charge on any atom is -0.497 e. The third-order valence-electron chi connectivity index (χ3n) is 5.99. The highest BCUT2D eigenvalue weighted by atomic mass is 79.9. The van der Waals surface area contributed by atoms with Gasteiger partial charge in [-0.25, -0.2) is 8.42 Å². The van der Waals surface area contributed by atoms with E-state index in [4.69, 9.17) is 4.74 Å². The molecule has 0 aromatic heterocycles. The molecule has 6 nitrogen and oxygen atoms in total. The van der Waals surface area contributed by atoms with Crippen LogP contribution >= 0.6 is 15.9 Å². The number of sulfonamides is 1. The zero-order valence-electron chi connectivity index (χ0n) is 17.0. The minimum absolute atomic E-state index is 0.102. The first-order chi connectivity index (χ1) is 14.3. The molecule has 0 radical (unpaired) electrons. The summed E-state index contributed by atoms with van der Waals surface area (Å²) in [5.41, 5.74) is 2.15. The van der Waals surface area contributed by atoms with E-state index in [1.54, 1.807) is 31.4 Å². The summed E-state index contributed by atoms with van der Waals surface area (Å²) in [4.78, 5) is 15.4. The second-order valence-corrected chi connectivity index (χ2v) is 10.7. The Balaban J connectivity index is 1.45. The molecule has 0 N–H and O–H groups in total. The van der Waals surface area contributed by atoms with Gasteiger partial charge >= 0.3 is 0 Å². The van der Waals surface area contributed by atoms with Crippen molar-refractivity contribution in [2.45, 2.75) is 37.1 Å². The van der Waals surface area contributed by atoms with Gasteiger partial charge in [-0.05, 0) is 74.2 Å². The Morgan fingerprint density at radius 2 is 1.77 bits per heavy atom. The van der Waals surface area contributed by atoms with E-state index in [2.05, 4.69) is 28.9 Å². The zero-order valence-corrected chi connectivity index (χ0v) is 19.4. The quantitative estimate of drug-likeness (QED) is 0.650. The third kappa shape index (κ3) is 3.88. The molecular formula is C22H25BrN2O4S. The van der Waals surface area contributed by atoms with Gasteiger partial charge in [0.05, 0.1) is 12.0 Å². The largest absolute Gasteiger partial charge is 0.497 e. The maximum Gasteiger partial charge on any atom is 0.243 e. The minimum atomic E-state index is -3.57. The lowest BCUT2D eigenvalue weighted by Crippen LogP contribution is -2.46. The topological polar surface area (TPSA) is 66.9 Å². The van der Waals surface area contributed by atoms with Crippen LogP contribution in [0.2, 0.25) is 0 Å². The van der Waals surface area contributed by atoms with Crippen LogP contribution < -0.4 is 9.64 Å². The fourth-order valence-corrected chi connectivity index (χ4v) is 6.25. The number of hydrogen-bond acceptors (Lipinski definition) is 4. The highest BCUT2D eigenvalue weighted by molar-refractivity contribution is 9.10. The van der Waals surface area contributed by atoms with E-state index in [0.29, 0.717) is 31.7 Å². The summed E-state index contributed by atoms with van der Waals surface area (Å²) in [5, 5.41) is 0. The zero-order chi connectivity index (χ0) is 21.5. The van der Waals surface area contributed by atoms with Crippen molar-refractivity contribution in [1.29, 1.82) is 0 Å². The van der Waals surface area contributed by atoms with E-state index in [1.165, 1.54) is 9.87 Å². The summed E-state index contributed by atoms with van der Waals surface area (Å²) in [6, 6.07) is 12.6. The van der Waals surface area contributed by atoms with Crippen molar-refractivity contribution >= 4 is 37.5 Å². The van der Waals surface area contributed by atoms with Gasteiger partial charge in [-0.2, -0.15) is 4.31 Å². The van der Waals surface area contributed by atoms with Gasteiger partial charge in [-0.3, -0.25) is 4.79 Å². The van der Waals surface area contributed by atoms with Crippen molar-refractivity contribution in [2.75, 3.05) is 25.1 Å². The number of methoxy groups -OCH3 is 1. The van der Waals surface area contributed by atoms with E-state index in [0.717, 1.165) is 16.6 Å². The summed E-state index contributed by atoms with van der Waals surface area (Å²) in [6.07, 6.45) is 1.90. The van der Waals surface area contributed by atoms with Gasteiger partial charge < -0.3 is 9.64 Å². The lowest BCUT2D eigenvalue weighted by molar-refractivity contribution is -0.123. The predicted octanol–water partition coefficient (Wildman–Crippen LogP) is 3.84. The molecule has 4 rings (SSSR count). The van der Waals surface area contributed by atoms with Gasteiger partial charge in [-0.15, -0.1) is 0 Å². The molecule has 1 amide bonds.